The summed E-state index contributed by atoms with van der Waals surface area (Å²) in [5.74, 6) is -0.474. The third-order valence-electron chi connectivity index (χ3n) is 4.83. The third kappa shape index (κ3) is 3.68. The molecule has 1 N–H and O–H groups in total. The summed E-state index contributed by atoms with van der Waals surface area (Å²) in [6, 6.07) is 5.74. The van der Waals surface area contributed by atoms with Crippen LogP contribution < -0.4 is 5.32 Å². The number of ether oxygens (including phenoxy) is 2. The van der Waals surface area contributed by atoms with Crippen LogP contribution in [0.1, 0.15) is 28.8 Å². The number of piperidine rings is 1. The first-order valence-electron chi connectivity index (χ1n) is 8.89. The van der Waals surface area contributed by atoms with Crippen LogP contribution in [0.25, 0.3) is 0 Å². The van der Waals surface area contributed by atoms with Crippen molar-refractivity contribution in [1.29, 1.82) is 0 Å². The summed E-state index contributed by atoms with van der Waals surface area (Å²) in [6.07, 6.45) is 8.32. The van der Waals surface area contributed by atoms with Crippen LogP contribution in [0.5, 0.6) is 0 Å². The first-order chi connectivity index (χ1) is 12.7. The van der Waals surface area contributed by atoms with E-state index in [4.69, 9.17) is 9.47 Å². The van der Waals surface area contributed by atoms with E-state index >= 15 is 0 Å². The van der Waals surface area contributed by atoms with Gasteiger partial charge >= 0.3 is 0 Å². The molecule has 0 aliphatic carbocycles. The van der Waals surface area contributed by atoms with Crippen LogP contribution in [0.4, 0.5) is 5.69 Å². The molecular formula is C19H22N4O3. The highest BCUT2D eigenvalue weighted by atomic mass is 16.7. The SMILES string of the molecule is O=C(c1cncc(NCc2cccnc2)c1)N1CCC2(CC1)OCCO2. The number of hydrogen-bond donors (Lipinski definition) is 1. The number of likely N-dealkylation sites (tertiary alicyclic amines) is 1. The minimum Gasteiger partial charge on any atom is -0.380 e. The molecule has 0 aromatic carbocycles. The van der Waals surface area contributed by atoms with Crippen LogP contribution in [-0.4, -0.2) is 52.9 Å². The molecule has 7 heteroatoms. The fourth-order valence-electron chi connectivity index (χ4n) is 3.38. The molecule has 0 radical (unpaired) electrons. The van der Waals surface area contributed by atoms with Gasteiger partial charge in [0.05, 0.1) is 24.5 Å². The fourth-order valence-corrected chi connectivity index (χ4v) is 3.38. The number of anilines is 1. The average Bonchev–Trinajstić information content (AvgIpc) is 3.15. The number of aromatic nitrogens is 2. The van der Waals surface area contributed by atoms with E-state index in [-0.39, 0.29) is 5.91 Å². The number of nitrogens with zero attached hydrogens (tertiary/aromatic N) is 3. The van der Waals surface area contributed by atoms with Crippen LogP contribution in [0.3, 0.4) is 0 Å². The van der Waals surface area contributed by atoms with Gasteiger partial charge in [0.1, 0.15) is 0 Å². The summed E-state index contributed by atoms with van der Waals surface area (Å²) >= 11 is 0. The maximum Gasteiger partial charge on any atom is 0.255 e. The van der Waals surface area contributed by atoms with Crippen molar-refractivity contribution in [2.45, 2.75) is 25.2 Å². The molecule has 2 fully saturated rings. The molecule has 2 aromatic heterocycles. The van der Waals surface area contributed by atoms with Gasteiger partial charge in [-0.15, -0.1) is 0 Å². The van der Waals surface area contributed by atoms with Crippen LogP contribution in [-0.2, 0) is 16.0 Å². The van der Waals surface area contributed by atoms with Crippen molar-refractivity contribution in [2.24, 2.45) is 0 Å². The lowest BCUT2D eigenvalue weighted by molar-refractivity contribution is -0.181. The van der Waals surface area contributed by atoms with Gasteiger partial charge in [-0.25, -0.2) is 0 Å². The second-order valence-electron chi connectivity index (χ2n) is 6.58. The third-order valence-corrected chi connectivity index (χ3v) is 4.83. The molecule has 0 atom stereocenters. The molecule has 7 nitrogen and oxygen atoms in total. The number of pyridine rings is 2. The highest BCUT2D eigenvalue weighted by molar-refractivity contribution is 5.94. The second kappa shape index (κ2) is 7.39. The smallest absolute Gasteiger partial charge is 0.255 e. The lowest BCUT2D eigenvalue weighted by Crippen LogP contribution is -2.47. The molecule has 4 rings (SSSR count). The highest BCUT2D eigenvalue weighted by Crippen LogP contribution is 2.31. The van der Waals surface area contributed by atoms with Gasteiger partial charge in [-0.2, -0.15) is 0 Å². The Kier molecular flexibility index (Phi) is 4.81. The summed E-state index contributed by atoms with van der Waals surface area (Å²) in [5, 5.41) is 3.29. The quantitative estimate of drug-likeness (QED) is 0.906. The molecule has 136 valence electrons. The summed E-state index contributed by atoms with van der Waals surface area (Å²) < 4.78 is 11.4. The Morgan fingerprint density at radius 2 is 1.96 bits per heavy atom. The molecule has 2 aliphatic rings. The average molecular weight is 354 g/mol. The number of carbonyl (C=O) groups is 1. The first-order valence-corrected chi connectivity index (χ1v) is 8.89. The minimum atomic E-state index is -0.470. The number of hydrogen-bond acceptors (Lipinski definition) is 6. The van der Waals surface area contributed by atoms with Crippen LogP contribution in [0.15, 0.2) is 43.0 Å². The Hall–Kier alpha value is -2.51. The van der Waals surface area contributed by atoms with Crippen LogP contribution in [0.2, 0.25) is 0 Å². The molecule has 0 unspecified atom stereocenters. The van der Waals surface area contributed by atoms with Crippen molar-refractivity contribution >= 4 is 11.6 Å². The van der Waals surface area contributed by atoms with E-state index in [0.29, 0.717) is 51.3 Å². The van der Waals surface area contributed by atoms with Gasteiger partial charge in [0, 0.05) is 57.3 Å². The van der Waals surface area contributed by atoms with Crippen molar-refractivity contribution in [3.05, 3.63) is 54.1 Å². The zero-order valence-electron chi connectivity index (χ0n) is 14.6. The molecule has 4 heterocycles. The lowest BCUT2D eigenvalue weighted by atomic mass is 10.0. The van der Waals surface area contributed by atoms with Gasteiger partial charge < -0.3 is 19.7 Å². The molecule has 0 saturated carbocycles. The van der Waals surface area contributed by atoms with Crippen molar-refractivity contribution in [3.63, 3.8) is 0 Å². The molecule has 2 aliphatic heterocycles. The van der Waals surface area contributed by atoms with E-state index in [9.17, 15) is 4.79 Å². The number of rotatable bonds is 4. The van der Waals surface area contributed by atoms with E-state index in [0.717, 1.165) is 11.3 Å². The van der Waals surface area contributed by atoms with E-state index in [2.05, 4.69) is 15.3 Å². The van der Waals surface area contributed by atoms with E-state index in [1.807, 2.05) is 29.3 Å². The lowest BCUT2D eigenvalue weighted by Gasteiger charge is -2.37. The highest BCUT2D eigenvalue weighted by Gasteiger charge is 2.40. The zero-order valence-corrected chi connectivity index (χ0v) is 14.6. The predicted octanol–water partition coefficient (Wildman–Crippen LogP) is 2.07. The molecule has 26 heavy (non-hydrogen) atoms. The van der Waals surface area contributed by atoms with Crippen molar-refractivity contribution < 1.29 is 14.3 Å². The maximum atomic E-state index is 12.8. The summed E-state index contributed by atoms with van der Waals surface area (Å²) in [7, 11) is 0. The molecule has 1 amide bonds. The van der Waals surface area contributed by atoms with Crippen LogP contribution in [0, 0.1) is 0 Å². The van der Waals surface area contributed by atoms with Gasteiger partial charge in [0.25, 0.3) is 5.91 Å². The number of nitrogens with one attached hydrogen (secondary N) is 1. The van der Waals surface area contributed by atoms with Gasteiger partial charge in [-0.3, -0.25) is 14.8 Å². The fraction of sp³-hybridized carbons (Fsp3) is 0.421. The van der Waals surface area contributed by atoms with Gasteiger partial charge in [0.2, 0.25) is 0 Å². The van der Waals surface area contributed by atoms with Crippen LogP contribution >= 0.6 is 0 Å². The second-order valence-corrected chi connectivity index (χ2v) is 6.58. The molecule has 2 saturated heterocycles. The Balaban J connectivity index is 1.37. The molecule has 1 spiro atoms. The van der Waals surface area contributed by atoms with Crippen molar-refractivity contribution in [1.82, 2.24) is 14.9 Å². The standard InChI is InChI=1S/C19H22N4O3/c24-18(23-6-3-19(4-7-23)25-8-9-26-19)16-10-17(14-21-13-16)22-12-15-2-1-5-20-11-15/h1-2,5,10-11,13-14,22H,3-4,6-9,12H2. The molecule has 2 aromatic rings. The Morgan fingerprint density at radius 1 is 1.15 bits per heavy atom. The van der Waals surface area contributed by atoms with Gasteiger partial charge in [-0.05, 0) is 17.7 Å². The normalized spacial score (nSPS) is 18.8. The molecular weight excluding hydrogens is 332 g/mol. The minimum absolute atomic E-state index is 0.00428. The summed E-state index contributed by atoms with van der Waals surface area (Å²) in [4.78, 5) is 22.9. The zero-order chi connectivity index (χ0) is 17.8. The molecule has 0 bridgehead atoms. The number of carbonyl (C=O) groups excluding carboxylic acids is 1. The van der Waals surface area contributed by atoms with Gasteiger partial charge in [0.15, 0.2) is 5.79 Å². The topological polar surface area (TPSA) is 76.6 Å². The van der Waals surface area contributed by atoms with E-state index in [1.54, 1.807) is 18.6 Å². The summed E-state index contributed by atoms with van der Waals surface area (Å²) in [6.45, 7) is 3.18. The Morgan fingerprint density at radius 3 is 2.69 bits per heavy atom. The van der Waals surface area contributed by atoms with E-state index in [1.165, 1.54) is 0 Å². The maximum absolute atomic E-state index is 12.8. The van der Waals surface area contributed by atoms with Crippen molar-refractivity contribution in [3.8, 4) is 0 Å². The Labute approximate surface area is 152 Å². The Bertz CT molecular complexity index is 752. The predicted molar refractivity (Wildman–Crippen MR) is 95.6 cm³/mol. The van der Waals surface area contributed by atoms with E-state index < -0.39 is 5.79 Å². The first kappa shape index (κ1) is 16.9. The monoisotopic (exact) mass is 354 g/mol. The number of amides is 1. The van der Waals surface area contributed by atoms with Crippen molar-refractivity contribution in [2.75, 3.05) is 31.6 Å². The summed E-state index contributed by atoms with van der Waals surface area (Å²) in [5.41, 5.74) is 2.48. The largest absolute Gasteiger partial charge is 0.380 e. The van der Waals surface area contributed by atoms with Gasteiger partial charge in [-0.1, -0.05) is 6.07 Å².